The predicted octanol–water partition coefficient (Wildman–Crippen LogP) is 2.43. The lowest BCUT2D eigenvalue weighted by Crippen LogP contribution is -2.48. The molecule has 1 fully saturated rings. The number of carbonyl (C=O) groups is 1. The average Bonchev–Trinajstić information content (AvgIpc) is 3.22. The zero-order valence-electron chi connectivity index (χ0n) is 17.2. The van der Waals surface area contributed by atoms with E-state index in [0.29, 0.717) is 31.5 Å². The smallest absolute Gasteiger partial charge is 0.237 e. The highest BCUT2D eigenvalue weighted by molar-refractivity contribution is 5.85. The second kappa shape index (κ2) is 10.2. The van der Waals surface area contributed by atoms with Gasteiger partial charge < -0.3 is 20.5 Å². The third-order valence-electron chi connectivity index (χ3n) is 6.00. The molecule has 0 spiro atoms. The largest absolute Gasteiger partial charge is 0.486 e. The van der Waals surface area contributed by atoms with Crippen LogP contribution >= 0.6 is 12.4 Å². The van der Waals surface area contributed by atoms with Crippen LogP contribution in [0.15, 0.2) is 54.6 Å². The summed E-state index contributed by atoms with van der Waals surface area (Å²) in [6.45, 7) is 5.12. The Balaban J connectivity index is 0.00000256. The van der Waals surface area contributed by atoms with Crippen LogP contribution in [0.4, 0.5) is 0 Å². The van der Waals surface area contributed by atoms with Crippen molar-refractivity contribution in [3.05, 3.63) is 60.2 Å². The normalized spacial score (nSPS) is 24.0. The molecule has 0 bridgehead atoms. The van der Waals surface area contributed by atoms with Crippen LogP contribution in [0.1, 0.15) is 18.4 Å². The van der Waals surface area contributed by atoms with E-state index in [-0.39, 0.29) is 30.5 Å². The van der Waals surface area contributed by atoms with E-state index in [1.165, 1.54) is 5.56 Å². The molecule has 2 aliphatic heterocycles. The molecule has 3 N–H and O–H groups in total. The monoisotopic (exact) mass is 431 g/mol. The van der Waals surface area contributed by atoms with Crippen LogP contribution in [0.25, 0.3) is 0 Å². The number of halogens is 1. The van der Waals surface area contributed by atoms with Gasteiger partial charge in [-0.1, -0.05) is 42.5 Å². The van der Waals surface area contributed by atoms with E-state index in [0.717, 1.165) is 24.6 Å². The van der Waals surface area contributed by atoms with Crippen molar-refractivity contribution in [1.82, 2.24) is 10.2 Å². The number of amides is 1. The number of nitrogens with one attached hydrogen (secondary N) is 1. The van der Waals surface area contributed by atoms with Gasteiger partial charge in [0.2, 0.25) is 5.91 Å². The summed E-state index contributed by atoms with van der Waals surface area (Å²) >= 11 is 0. The summed E-state index contributed by atoms with van der Waals surface area (Å²) in [5.74, 6) is 2.21. The van der Waals surface area contributed by atoms with Gasteiger partial charge in [-0.3, -0.25) is 9.69 Å². The predicted molar refractivity (Wildman–Crippen MR) is 119 cm³/mol. The van der Waals surface area contributed by atoms with E-state index in [4.69, 9.17) is 15.2 Å². The number of benzene rings is 2. The number of nitrogens with zero attached hydrogens (tertiary/aromatic N) is 1. The molecule has 162 valence electrons. The quantitative estimate of drug-likeness (QED) is 0.734. The number of carbonyl (C=O) groups excluding carboxylic acids is 1. The Kier molecular flexibility index (Phi) is 7.58. The second-order valence-corrected chi connectivity index (χ2v) is 7.89. The molecular formula is C23H30ClN3O3. The molecule has 7 heteroatoms. The summed E-state index contributed by atoms with van der Waals surface area (Å²) in [5.41, 5.74) is 7.33. The first-order valence-electron chi connectivity index (χ1n) is 10.3. The molecule has 6 nitrogen and oxygen atoms in total. The molecule has 2 unspecified atom stereocenters. The van der Waals surface area contributed by atoms with E-state index < -0.39 is 0 Å². The zero-order valence-corrected chi connectivity index (χ0v) is 18.0. The highest BCUT2D eigenvalue weighted by Gasteiger charge is 2.37. The van der Waals surface area contributed by atoms with E-state index in [9.17, 15) is 4.79 Å². The Morgan fingerprint density at radius 3 is 2.57 bits per heavy atom. The van der Waals surface area contributed by atoms with Crippen molar-refractivity contribution in [3.8, 4) is 11.5 Å². The third-order valence-corrected chi connectivity index (χ3v) is 6.00. The molecule has 0 saturated carbocycles. The maximum absolute atomic E-state index is 12.8. The Bertz CT molecular complexity index is 835. The summed E-state index contributed by atoms with van der Waals surface area (Å²) in [5, 5.41) is 3.03. The van der Waals surface area contributed by atoms with Gasteiger partial charge in [-0.05, 0) is 37.1 Å². The first-order chi connectivity index (χ1) is 14.2. The van der Waals surface area contributed by atoms with E-state index >= 15 is 0 Å². The molecule has 2 aromatic rings. The summed E-state index contributed by atoms with van der Waals surface area (Å²) in [7, 11) is 0. The van der Waals surface area contributed by atoms with Crippen molar-refractivity contribution in [3.63, 3.8) is 0 Å². The van der Waals surface area contributed by atoms with Gasteiger partial charge in [0.25, 0.3) is 0 Å². The van der Waals surface area contributed by atoms with Crippen LogP contribution in [0.5, 0.6) is 11.5 Å². The third kappa shape index (κ3) is 4.89. The fourth-order valence-electron chi connectivity index (χ4n) is 4.23. The molecular weight excluding hydrogens is 402 g/mol. The molecule has 4 rings (SSSR count). The number of hydrogen-bond donors (Lipinski definition) is 2. The van der Waals surface area contributed by atoms with Crippen molar-refractivity contribution in [2.75, 3.05) is 32.8 Å². The number of hydrogen-bond acceptors (Lipinski definition) is 5. The standard InChI is InChI=1S/C23H29N3O3.ClH/c1-16(26-13-18(11-24)20(14-26)17-7-3-2-4-8-17)23(27)25-12-19-15-28-21-9-5-6-10-22(21)29-19;/h2-10,16,18-20H,11-15,24H2,1H3,(H,25,27);1H/t16?,18-,19?,20+;/m1./s1. The highest BCUT2D eigenvalue weighted by Crippen LogP contribution is 2.33. The van der Waals surface area contributed by atoms with E-state index in [1.807, 2.05) is 37.3 Å². The molecule has 4 atom stereocenters. The lowest BCUT2D eigenvalue weighted by molar-refractivity contribution is -0.126. The maximum Gasteiger partial charge on any atom is 0.237 e. The average molecular weight is 432 g/mol. The molecule has 1 amide bonds. The van der Waals surface area contributed by atoms with Gasteiger partial charge in [0.1, 0.15) is 12.7 Å². The summed E-state index contributed by atoms with van der Waals surface area (Å²) in [6.07, 6.45) is -0.187. The molecule has 30 heavy (non-hydrogen) atoms. The molecule has 0 radical (unpaired) electrons. The lowest BCUT2D eigenvalue weighted by atomic mass is 9.89. The second-order valence-electron chi connectivity index (χ2n) is 7.89. The SMILES string of the molecule is CC(C(=O)NCC1COc2ccccc2O1)N1C[C@@H](CN)[C@H](c2ccccc2)C1.Cl. The van der Waals surface area contributed by atoms with Crippen molar-refractivity contribution < 1.29 is 14.3 Å². The van der Waals surface area contributed by atoms with Gasteiger partial charge in [0.05, 0.1) is 12.6 Å². The van der Waals surface area contributed by atoms with Gasteiger partial charge in [0, 0.05) is 19.0 Å². The molecule has 0 aromatic heterocycles. The summed E-state index contributed by atoms with van der Waals surface area (Å²) < 4.78 is 11.6. The molecule has 1 saturated heterocycles. The number of fused-ring (bicyclic) bond motifs is 1. The number of rotatable bonds is 6. The Hall–Kier alpha value is -2.28. The van der Waals surface area contributed by atoms with Crippen molar-refractivity contribution in [1.29, 1.82) is 0 Å². The molecule has 0 aliphatic carbocycles. The van der Waals surface area contributed by atoms with Crippen molar-refractivity contribution >= 4 is 18.3 Å². The number of nitrogens with two attached hydrogens (primary N) is 1. The Labute approximate surface area is 184 Å². The Morgan fingerprint density at radius 1 is 1.13 bits per heavy atom. The van der Waals surface area contributed by atoms with Crippen LogP contribution < -0.4 is 20.5 Å². The van der Waals surface area contributed by atoms with Gasteiger partial charge >= 0.3 is 0 Å². The summed E-state index contributed by atoms with van der Waals surface area (Å²) in [6, 6.07) is 17.8. The van der Waals surface area contributed by atoms with Crippen LogP contribution in [0, 0.1) is 5.92 Å². The lowest BCUT2D eigenvalue weighted by Gasteiger charge is -2.28. The van der Waals surface area contributed by atoms with Crippen molar-refractivity contribution in [2.45, 2.75) is 25.0 Å². The zero-order chi connectivity index (χ0) is 20.2. The minimum absolute atomic E-state index is 0. The van der Waals surface area contributed by atoms with Crippen LogP contribution in [0.2, 0.25) is 0 Å². The Morgan fingerprint density at radius 2 is 1.83 bits per heavy atom. The highest BCUT2D eigenvalue weighted by atomic mass is 35.5. The number of likely N-dealkylation sites (tertiary alicyclic amines) is 1. The topological polar surface area (TPSA) is 76.8 Å². The first-order valence-corrected chi connectivity index (χ1v) is 10.3. The maximum atomic E-state index is 12.8. The number of ether oxygens (including phenoxy) is 2. The molecule has 2 heterocycles. The van der Waals surface area contributed by atoms with Gasteiger partial charge in [-0.15, -0.1) is 12.4 Å². The van der Waals surface area contributed by atoms with Gasteiger partial charge in [-0.25, -0.2) is 0 Å². The van der Waals surface area contributed by atoms with E-state index in [2.05, 4.69) is 34.5 Å². The molecule has 2 aliphatic rings. The van der Waals surface area contributed by atoms with Crippen LogP contribution in [-0.2, 0) is 4.79 Å². The fraction of sp³-hybridized carbons (Fsp3) is 0.435. The van der Waals surface area contributed by atoms with Gasteiger partial charge in [0.15, 0.2) is 11.5 Å². The van der Waals surface area contributed by atoms with Crippen molar-refractivity contribution in [2.24, 2.45) is 11.7 Å². The fourth-order valence-corrected chi connectivity index (χ4v) is 4.23. The van der Waals surface area contributed by atoms with Crippen LogP contribution in [-0.4, -0.2) is 55.7 Å². The minimum Gasteiger partial charge on any atom is -0.486 e. The minimum atomic E-state index is -0.213. The summed E-state index contributed by atoms with van der Waals surface area (Å²) in [4.78, 5) is 15.0. The van der Waals surface area contributed by atoms with E-state index in [1.54, 1.807) is 0 Å². The molecule has 2 aromatic carbocycles. The van der Waals surface area contributed by atoms with Crippen LogP contribution in [0.3, 0.4) is 0 Å². The first kappa shape index (κ1) is 22.4. The number of para-hydroxylation sites is 2. The van der Waals surface area contributed by atoms with Gasteiger partial charge in [-0.2, -0.15) is 0 Å².